The van der Waals surface area contributed by atoms with Crippen molar-refractivity contribution in [2.45, 2.75) is 75.9 Å². The molecular formula is C40H55ClN4O6S. The zero-order chi connectivity index (χ0) is 36.5. The number of allylic oxidation sites excluding steroid dienone is 1. The first-order valence-corrected chi connectivity index (χ1v) is 21.1. The van der Waals surface area contributed by atoms with Crippen LogP contribution in [-0.4, -0.2) is 107 Å². The summed E-state index contributed by atoms with van der Waals surface area (Å²) in [5.74, 6) is 0.436. The van der Waals surface area contributed by atoms with Gasteiger partial charge in [-0.15, -0.1) is 0 Å². The number of aryl methyl sites for hydroxylation is 1. The second kappa shape index (κ2) is 16.0. The van der Waals surface area contributed by atoms with Gasteiger partial charge in [-0.25, -0.2) is 13.1 Å². The molecule has 4 heterocycles. The molecule has 1 amide bonds. The summed E-state index contributed by atoms with van der Waals surface area (Å²) in [6.07, 6.45) is 9.87. The van der Waals surface area contributed by atoms with Gasteiger partial charge in [0.2, 0.25) is 10.0 Å². The summed E-state index contributed by atoms with van der Waals surface area (Å²) < 4.78 is 48.7. The number of morpholine rings is 1. The molecule has 284 valence electrons. The van der Waals surface area contributed by atoms with Crippen LogP contribution >= 0.6 is 11.6 Å². The van der Waals surface area contributed by atoms with Crippen molar-refractivity contribution in [2.75, 3.05) is 71.0 Å². The topological polar surface area (TPSA) is 101 Å². The Morgan fingerprint density at radius 2 is 1.88 bits per heavy atom. The van der Waals surface area contributed by atoms with E-state index >= 15 is 0 Å². The van der Waals surface area contributed by atoms with Crippen molar-refractivity contribution in [3.63, 3.8) is 0 Å². The van der Waals surface area contributed by atoms with E-state index < -0.39 is 26.8 Å². The molecule has 4 aliphatic heterocycles. The number of halogens is 1. The fourth-order valence-corrected chi connectivity index (χ4v) is 10.4. The standard InChI is InChI=1S/C40H55ClN4O6S/c1-28-7-6-15-40(49-3,27-43-17-18-44-19-20-50-26-35(44)24-43)36-13-10-32(36)23-45-16-5-4-8-30-21-34(41)12-9-33(30)25-51-38-14-11-31(22-37(38)45)39(46)42-52(47,48)29(28)2/h6,9,11-12,14-15,21-22,28-29,32,35-36H,4-5,7-8,10,13,16-20,23-27H2,1-3H3,(H,42,46)/b15-6+/t28-,29+,32-,35+,36+,40+/m0/s1. The van der Waals surface area contributed by atoms with Crippen molar-refractivity contribution in [1.29, 1.82) is 0 Å². The van der Waals surface area contributed by atoms with Crippen molar-refractivity contribution < 1.29 is 27.4 Å². The number of anilines is 1. The van der Waals surface area contributed by atoms with Gasteiger partial charge in [-0.05, 0) is 105 Å². The predicted octanol–water partition coefficient (Wildman–Crippen LogP) is 5.53. The molecule has 1 saturated carbocycles. The smallest absolute Gasteiger partial charge is 0.264 e. The highest BCUT2D eigenvalue weighted by Crippen LogP contribution is 2.47. The largest absolute Gasteiger partial charge is 0.487 e. The van der Waals surface area contributed by atoms with Gasteiger partial charge >= 0.3 is 0 Å². The summed E-state index contributed by atoms with van der Waals surface area (Å²) in [5.41, 5.74) is 2.85. The van der Waals surface area contributed by atoms with Crippen molar-refractivity contribution >= 4 is 33.2 Å². The molecule has 2 bridgehead atoms. The summed E-state index contributed by atoms with van der Waals surface area (Å²) >= 11 is 6.41. The monoisotopic (exact) mass is 754 g/mol. The number of fused-ring (bicyclic) bond motifs is 4. The summed E-state index contributed by atoms with van der Waals surface area (Å²) in [6.45, 7) is 11.8. The number of nitrogens with zero attached hydrogens (tertiary/aromatic N) is 3. The first-order chi connectivity index (χ1) is 25.0. The number of hydrogen-bond acceptors (Lipinski definition) is 9. The highest BCUT2D eigenvalue weighted by molar-refractivity contribution is 7.90. The number of sulfonamides is 1. The minimum atomic E-state index is -3.96. The van der Waals surface area contributed by atoms with E-state index in [1.54, 1.807) is 13.0 Å². The molecule has 2 aromatic rings. The molecule has 12 heteroatoms. The number of ether oxygens (including phenoxy) is 3. The molecule has 0 radical (unpaired) electrons. The fourth-order valence-electron chi connectivity index (χ4n) is 8.94. The molecule has 7 rings (SSSR count). The van der Waals surface area contributed by atoms with Crippen molar-refractivity contribution in [2.24, 2.45) is 17.8 Å². The third kappa shape index (κ3) is 8.05. The lowest BCUT2D eigenvalue weighted by molar-refractivity contribution is -0.108. The maximum atomic E-state index is 13.6. The van der Waals surface area contributed by atoms with Crippen molar-refractivity contribution in [1.82, 2.24) is 14.5 Å². The van der Waals surface area contributed by atoms with Gasteiger partial charge in [0.05, 0.1) is 24.2 Å². The van der Waals surface area contributed by atoms with Gasteiger partial charge in [-0.2, -0.15) is 0 Å². The Kier molecular flexibility index (Phi) is 11.6. The summed E-state index contributed by atoms with van der Waals surface area (Å²) in [6, 6.07) is 11.7. The summed E-state index contributed by atoms with van der Waals surface area (Å²) in [4.78, 5) is 21.1. The van der Waals surface area contributed by atoms with E-state index in [2.05, 4.69) is 31.6 Å². The van der Waals surface area contributed by atoms with Gasteiger partial charge in [0, 0.05) is 69.6 Å². The van der Waals surface area contributed by atoms with Crippen LogP contribution in [0.3, 0.4) is 0 Å². The van der Waals surface area contributed by atoms with E-state index in [1.165, 1.54) is 5.56 Å². The number of carbonyl (C=O) groups excluding carboxylic acids is 1. The molecule has 3 fully saturated rings. The number of hydrogen-bond donors (Lipinski definition) is 1. The van der Waals surface area contributed by atoms with Crippen LogP contribution in [0.4, 0.5) is 5.69 Å². The molecule has 1 N–H and O–H groups in total. The van der Waals surface area contributed by atoms with Crippen LogP contribution in [-0.2, 0) is 32.5 Å². The van der Waals surface area contributed by atoms with Gasteiger partial charge in [0.15, 0.2) is 0 Å². The average Bonchev–Trinajstić information content (AvgIpc) is 3.15. The predicted molar refractivity (Wildman–Crippen MR) is 205 cm³/mol. The van der Waals surface area contributed by atoms with Gasteiger partial charge in [0.1, 0.15) is 18.0 Å². The Morgan fingerprint density at radius 1 is 1.02 bits per heavy atom. The Balaban J connectivity index is 1.25. The van der Waals surface area contributed by atoms with Gasteiger partial charge in [-0.3, -0.25) is 14.6 Å². The minimum Gasteiger partial charge on any atom is -0.487 e. The van der Waals surface area contributed by atoms with Crippen LogP contribution in [0.1, 0.15) is 67.4 Å². The number of benzene rings is 2. The molecule has 2 aromatic carbocycles. The van der Waals surface area contributed by atoms with Crippen LogP contribution in [0.25, 0.3) is 0 Å². The van der Waals surface area contributed by atoms with E-state index in [-0.39, 0.29) is 11.8 Å². The Morgan fingerprint density at radius 3 is 2.69 bits per heavy atom. The molecule has 6 atom stereocenters. The van der Waals surface area contributed by atoms with E-state index in [1.807, 2.05) is 44.4 Å². The Bertz CT molecular complexity index is 1740. The normalized spacial score (nSPS) is 32.4. The number of methoxy groups -OCH3 is 1. The SMILES string of the molecule is CO[C@@]1(CN2CCN3CCOC[C@H]3C2)/C=C/C[C@H](C)[C@@H](C)S(=O)(=O)NC(=O)c2ccc3c(c2)N(CCCCc2cc(Cl)ccc2CO3)C[C@@H]2CC[C@H]21. The number of carbonyl (C=O) groups is 1. The molecule has 1 aliphatic carbocycles. The van der Waals surface area contributed by atoms with Crippen LogP contribution in [0.15, 0.2) is 48.6 Å². The third-order valence-electron chi connectivity index (χ3n) is 12.5. The number of nitrogens with one attached hydrogen (secondary N) is 1. The maximum absolute atomic E-state index is 13.6. The molecule has 0 unspecified atom stereocenters. The molecular weight excluding hydrogens is 700 g/mol. The van der Waals surface area contributed by atoms with Gasteiger partial charge < -0.3 is 19.1 Å². The first kappa shape index (κ1) is 37.6. The third-order valence-corrected chi connectivity index (χ3v) is 14.7. The lowest BCUT2D eigenvalue weighted by Gasteiger charge is -2.53. The fraction of sp³-hybridized carbons (Fsp3) is 0.625. The van der Waals surface area contributed by atoms with Crippen LogP contribution in [0.5, 0.6) is 5.75 Å². The zero-order valence-electron chi connectivity index (χ0n) is 30.9. The van der Waals surface area contributed by atoms with Crippen LogP contribution in [0, 0.1) is 17.8 Å². The molecule has 0 spiro atoms. The first-order valence-electron chi connectivity index (χ1n) is 19.2. The minimum absolute atomic E-state index is 0.224. The molecule has 0 aromatic heterocycles. The van der Waals surface area contributed by atoms with Crippen molar-refractivity contribution in [3.8, 4) is 5.75 Å². The summed E-state index contributed by atoms with van der Waals surface area (Å²) in [7, 11) is -2.11. The Labute approximate surface area is 314 Å². The highest BCUT2D eigenvalue weighted by atomic mass is 35.5. The number of piperazine rings is 1. The van der Waals surface area contributed by atoms with Gasteiger partial charge in [-0.1, -0.05) is 36.7 Å². The number of amides is 1. The van der Waals surface area contributed by atoms with Crippen LogP contribution in [0.2, 0.25) is 5.02 Å². The number of rotatable bonds is 3. The average molecular weight is 755 g/mol. The summed E-state index contributed by atoms with van der Waals surface area (Å²) in [5, 5.41) is -0.0647. The van der Waals surface area contributed by atoms with E-state index in [0.29, 0.717) is 36.3 Å². The van der Waals surface area contributed by atoms with Crippen LogP contribution < -0.4 is 14.4 Å². The molecule has 10 nitrogen and oxygen atoms in total. The second-order valence-corrected chi connectivity index (χ2v) is 18.2. The maximum Gasteiger partial charge on any atom is 0.264 e. The molecule has 52 heavy (non-hydrogen) atoms. The molecule has 5 aliphatic rings. The quantitative estimate of drug-likeness (QED) is 0.406. The lowest BCUT2D eigenvalue weighted by atomic mass is 9.63. The van der Waals surface area contributed by atoms with E-state index in [4.69, 9.17) is 25.8 Å². The van der Waals surface area contributed by atoms with Crippen molar-refractivity contribution in [3.05, 3.63) is 70.3 Å². The van der Waals surface area contributed by atoms with E-state index in [0.717, 1.165) is 107 Å². The van der Waals surface area contributed by atoms with E-state index in [9.17, 15) is 13.2 Å². The highest BCUT2D eigenvalue weighted by Gasteiger charge is 2.49. The lowest BCUT2D eigenvalue weighted by Crippen LogP contribution is -2.62. The van der Waals surface area contributed by atoms with Gasteiger partial charge in [0.25, 0.3) is 5.91 Å². The second-order valence-electron chi connectivity index (χ2n) is 15.7. The molecule has 2 saturated heterocycles. The Hall–Kier alpha value is -2.67. The zero-order valence-corrected chi connectivity index (χ0v) is 32.5.